The van der Waals surface area contributed by atoms with E-state index in [0.717, 1.165) is 50.2 Å². The summed E-state index contributed by atoms with van der Waals surface area (Å²) >= 11 is 0. The number of hydrogen-bond acceptors (Lipinski definition) is 8. The van der Waals surface area contributed by atoms with Gasteiger partial charge in [0.2, 0.25) is 0 Å². The molecule has 242 valence electrons. The van der Waals surface area contributed by atoms with Crippen molar-refractivity contribution in [1.29, 1.82) is 0 Å². The first-order chi connectivity index (χ1) is 23.4. The number of nitrogens with zero attached hydrogens (tertiary/aromatic N) is 8. The third-order valence-corrected chi connectivity index (χ3v) is 8.75. The predicted molar refractivity (Wildman–Crippen MR) is 185 cm³/mol. The van der Waals surface area contributed by atoms with Crippen molar-refractivity contribution in [2.24, 2.45) is 0 Å². The van der Waals surface area contributed by atoms with Crippen LogP contribution in [0.2, 0.25) is 0 Å². The predicted octanol–water partition coefficient (Wildman–Crippen LogP) is 2.95. The van der Waals surface area contributed by atoms with Crippen molar-refractivity contribution in [2.75, 3.05) is 45.5 Å². The highest BCUT2D eigenvalue weighted by atomic mass is 16.2. The highest BCUT2D eigenvalue weighted by molar-refractivity contribution is 6.04. The van der Waals surface area contributed by atoms with Crippen LogP contribution in [0.4, 0.5) is 5.82 Å². The maximum atomic E-state index is 14.4. The van der Waals surface area contributed by atoms with Gasteiger partial charge >= 0.3 is 0 Å². The summed E-state index contributed by atoms with van der Waals surface area (Å²) in [5, 5.41) is 13.0. The second-order valence-electron chi connectivity index (χ2n) is 12.0. The zero-order valence-corrected chi connectivity index (χ0v) is 26.9. The van der Waals surface area contributed by atoms with Gasteiger partial charge in [-0.2, -0.15) is 5.10 Å². The molecule has 0 unspecified atom stereocenters. The van der Waals surface area contributed by atoms with E-state index in [2.05, 4.69) is 49.2 Å². The van der Waals surface area contributed by atoms with Crippen molar-refractivity contribution >= 4 is 28.1 Å². The van der Waals surface area contributed by atoms with E-state index in [0.29, 0.717) is 28.0 Å². The fourth-order valence-electron chi connectivity index (χ4n) is 6.12. The van der Waals surface area contributed by atoms with E-state index >= 15 is 0 Å². The first-order valence-corrected chi connectivity index (χ1v) is 15.9. The van der Waals surface area contributed by atoms with E-state index in [1.165, 1.54) is 4.52 Å². The molecule has 1 aliphatic heterocycles. The first kappa shape index (κ1) is 30.9. The number of amides is 1. The smallest absolute Gasteiger partial charge is 0.264 e. The number of anilines is 1. The second-order valence-corrected chi connectivity index (χ2v) is 12.0. The molecule has 0 saturated carbocycles. The van der Waals surface area contributed by atoms with Gasteiger partial charge in [-0.15, -0.1) is 5.10 Å². The van der Waals surface area contributed by atoms with Crippen molar-refractivity contribution in [3.05, 3.63) is 118 Å². The van der Waals surface area contributed by atoms with E-state index in [-0.39, 0.29) is 16.9 Å². The molecule has 6 aromatic rings. The molecule has 4 aromatic heterocycles. The highest BCUT2D eigenvalue weighted by Crippen LogP contribution is 2.24. The fourth-order valence-corrected chi connectivity index (χ4v) is 6.12. The third-order valence-electron chi connectivity index (χ3n) is 8.75. The molecule has 0 radical (unpaired) electrons. The molecule has 1 amide bonds. The SMILES string of the molecule is C[C@@H](NC(=O)c1c(N)nn2cccnc12)c1cc2cccc(C#Cc3cnn(CCN4CCN(C)CC4)c3)c2c(=O)n1-c1ccccc1. The minimum atomic E-state index is -0.584. The molecule has 48 heavy (non-hydrogen) atoms. The summed E-state index contributed by atoms with van der Waals surface area (Å²) in [5.41, 5.74) is 9.07. The molecule has 5 heterocycles. The van der Waals surface area contributed by atoms with Gasteiger partial charge in [-0.3, -0.25) is 23.7 Å². The Morgan fingerprint density at radius 2 is 1.83 bits per heavy atom. The monoisotopic (exact) mass is 640 g/mol. The minimum Gasteiger partial charge on any atom is -0.381 e. The van der Waals surface area contributed by atoms with Crippen LogP contribution < -0.4 is 16.6 Å². The molecule has 1 aliphatic rings. The van der Waals surface area contributed by atoms with Crippen LogP contribution in [-0.4, -0.2) is 84.4 Å². The number of carbonyl (C=O) groups is 1. The Kier molecular flexibility index (Phi) is 8.46. The van der Waals surface area contributed by atoms with E-state index in [9.17, 15) is 9.59 Å². The van der Waals surface area contributed by atoms with Crippen LogP contribution >= 0.6 is 0 Å². The number of aromatic nitrogens is 6. The van der Waals surface area contributed by atoms with Crippen LogP contribution in [0.5, 0.6) is 0 Å². The normalized spacial score (nSPS) is 14.5. The molecule has 7 rings (SSSR count). The third kappa shape index (κ3) is 6.16. The summed E-state index contributed by atoms with van der Waals surface area (Å²) < 4.78 is 5.02. The molecule has 1 atom stereocenters. The Morgan fingerprint density at radius 3 is 2.65 bits per heavy atom. The number of para-hydroxylation sites is 1. The number of nitrogens with one attached hydrogen (secondary N) is 1. The lowest BCUT2D eigenvalue weighted by Crippen LogP contribution is -2.45. The van der Waals surface area contributed by atoms with Crippen LogP contribution in [0, 0.1) is 11.8 Å². The molecule has 0 spiro atoms. The Balaban J connectivity index is 1.20. The molecule has 3 N–H and O–H groups in total. The number of piperazine rings is 1. The van der Waals surface area contributed by atoms with Gasteiger partial charge in [0.15, 0.2) is 11.5 Å². The van der Waals surface area contributed by atoms with Crippen LogP contribution in [0.3, 0.4) is 0 Å². The summed E-state index contributed by atoms with van der Waals surface area (Å²) in [6.45, 7) is 7.85. The molecule has 1 fully saturated rings. The maximum Gasteiger partial charge on any atom is 0.264 e. The molecule has 1 saturated heterocycles. The van der Waals surface area contributed by atoms with Gasteiger partial charge in [0.25, 0.3) is 11.5 Å². The standard InChI is InChI=1S/C36H36N10O2/c1-25(40-35(47)32-33(37)41-45-15-7-14-38-34(32)45)30-22-28-9-6-8-27(31(28)36(48)46(30)29-10-4-3-5-11-29)13-12-26-23-39-44(24-26)21-20-43-18-16-42(2)17-19-43/h3-11,14-15,22-25H,16-21H2,1-2H3,(H2,37,41)(H,40,47)/t25-/m1/s1. The lowest BCUT2D eigenvalue weighted by Gasteiger charge is -2.32. The summed E-state index contributed by atoms with van der Waals surface area (Å²) in [7, 11) is 2.16. The number of fused-ring (bicyclic) bond motifs is 2. The van der Waals surface area contributed by atoms with E-state index in [1.807, 2.05) is 72.4 Å². The Hall–Kier alpha value is -5.77. The number of hydrogen-bond donors (Lipinski definition) is 2. The van der Waals surface area contributed by atoms with Crippen molar-refractivity contribution in [1.82, 2.24) is 44.1 Å². The highest BCUT2D eigenvalue weighted by Gasteiger charge is 2.24. The van der Waals surface area contributed by atoms with E-state index in [1.54, 1.807) is 29.2 Å². The largest absolute Gasteiger partial charge is 0.381 e. The first-order valence-electron chi connectivity index (χ1n) is 15.9. The van der Waals surface area contributed by atoms with Gasteiger partial charge < -0.3 is 16.0 Å². The number of nitrogens with two attached hydrogens (primary N) is 1. The Bertz CT molecular complexity index is 2230. The second kappa shape index (κ2) is 13.2. The fraction of sp³-hybridized carbons (Fsp3) is 0.250. The summed E-state index contributed by atoms with van der Waals surface area (Å²) in [4.78, 5) is 37.0. The maximum absolute atomic E-state index is 14.4. The van der Waals surface area contributed by atoms with Crippen LogP contribution in [0.1, 0.15) is 40.1 Å². The van der Waals surface area contributed by atoms with E-state index < -0.39 is 11.9 Å². The number of benzene rings is 2. The molecule has 0 aliphatic carbocycles. The summed E-state index contributed by atoms with van der Waals surface area (Å²) in [6, 6.07) is 18.0. The number of likely N-dealkylation sites (N-methyl/N-ethyl adjacent to an activating group) is 1. The van der Waals surface area contributed by atoms with Gasteiger partial charge in [-0.1, -0.05) is 42.2 Å². The number of pyridine rings is 1. The summed E-state index contributed by atoms with van der Waals surface area (Å²) in [6.07, 6.45) is 6.97. The molecular weight excluding hydrogens is 604 g/mol. The zero-order valence-electron chi connectivity index (χ0n) is 26.9. The Labute approximate surface area is 277 Å². The van der Waals surface area contributed by atoms with Crippen molar-refractivity contribution in [3.8, 4) is 17.5 Å². The quantitative estimate of drug-likeness (QED) is 0.255. The molecule has 0 bridgehead atoms. The van der Waals surface area contributed by atoms with Crippen molar-refractivity contribution in [3.63, 3.8) is 0 Å². The van der Waals surface area contributed by atoms with Gasteiger partial charge in [-0.25, -0.2) is 9.50 Å². The molecule has 12 nitrogen and oxygen atoms in total. The zero-order chi connectivity index (χ0) is 33.2. The van der Waals surface area contributed by atoms with Crippen LogP contribution in [0.25, 0.3) is 22.1 Å². The Morgan fingerprint density at radius 1 is 1.02 bits per heavy atom. The lowest BCUT2D eigenvalue weighted by molar-refractivity contribution is 0.0941. The van der Waals surface area contributed by atoms with Gasteiger partial charge in [0, 0.05) is 68.3 Å². The molecular formula is C36H36N10O2. The molecule has 2 aromatic carbocycles. The number of nitrogen functional groups attached to an aromatic ring is 1. The molecule has 12 heteroatoms. The van der Waals surface area contributed by atoms with Gasteiger partial charge in [0.05, 0.1) is 29.7 Å². The summed E-state index contributed by atoms with van der Waals surface area (Å²) in [5.74, 6) is 6.09. The lowest BCUT2D eigenvalue weighted by atomic mass is 10.0. The topological polar surface area (TPSA) is 132 Å². The van der Waals surface area contributed by atoms with Crippen LogP contribution in [0.15, 0.2) is 90.2 Å². The number of rotatable bonds is 7. The van der Waals surface area contributed by atoms with Crippen molar-refractivity contribution < 1.29 is 4.79 Å². The number of carbonyl (C=O) groups excluding carboxylic acids is 1. The van der Waals surface area contributed by atoms with Crippen molar-refractivity contribution in [2.45, 2.75) is 19.5 Å². The van der Waals surface area contributed by atoms with E-state index in [4.69, 9.17) is 5.73 Å². The average molecular weight is 641 g/mol. The average Bonchev–Trinajstić information content (AvgIpc) is 3.70. The van der Waals surface area contributed by atoms with Crippen LogP contribution in [-0.2, 0) is 6.54 Å². The minimum absolute atomic E-state index is 0.0705. The van der Waals surface area contributed by atoms with Gasteiger partial charge in [0.1, 0.15) is 5.56 Å². The van der Waals surface area contributed by atoms with Gasteiger partial charge in [-0.05, 0) is 49.7 Å².